The number of nitriles is 1. The molecule has 1 N–H and O–H groups in total. The summed E-state index contributed by atoms with van der Waals surface area (Å²) in [6.07, 6.45) is 1.23. The smallest absolute Gasteiger partial charge is 0.273 e. The minimum Gasteiger partial charge on any atom is -0.493 e. The quantitative estimate of drug-likeness (QED) is 0.250. The molecule has 0 saturated carbocycles. The monoisotopic (exact) mass is 522 g/mol. The Hall–Kier alpha value is -4.23. The zero-order valence-corrected chi connectivity index (χ0v) is 19.6. The normalized spacial score (nSPS) is 10.5. The molecule has 3 aromatic rings. The molecule has 0 aliphatic heterocycles. The van der Waals surface area contributed by atoms with Crippen LogP contribution in [0.3, 0.4) is 0 Å². The summed E-state index contributed by atoms with van der Waals surface area (Å²) in [5, 5.41) is 24.2. The number of methoxy groups -OCH3 is 1. The fourth-order valence-electron chi connectivity index (χ4n) is 3.09. The van der Waals surface area contributed by atoms with Gasteiger partial charge in [-0.25, -0.2) is 5.43 Å². The molecule has 0 spiro atoms. The van der Waals surface area contributed by atoms with Gasteiger partial charge in [0.1, 0.15) is 6.61 Å². The predicted octanol–water partition coefficient (Wildman–Crippen LogP) is 4.51. The molecule has 0 atom stereocenters. The summed E-state index contributed by atoms with van der Waals surface area (Å²) in [7, 11) is 1.49. The Kier molecular flexibility index (Phi) is 8.32. The first kappa shape index (κ1) is 24.4. The molecule has 34 heavy (non-hydrogen) atoms. The Morgan fingerprint density at radius 3 is 2.62 bits per heavy atom. The third kappa shape index (κ3) is 6.17. The summed E-state index contributed by atoms with van der Waals surface area (Å²) in [6, 6.07) is 18.7. The van der Waals surface area contributed by atoms with Crippen LogP contribution in [0.1, 0.15) is 22.3 Å². The Bertz CT molecular complexity index is 1290. The number of halogens is 1. The highest BCUT2D eigenvalue weighted by Gasteiger charge is 2.15. The molecule has 0 fully saturated rings. The van der Waals surface area contributed by atoms with Crippen molar-refractivity contribution in [3.63, 3.8) is 0 Å². The van der Waals surface area contributed by atoms with E-state index in [4.69, 9.17) is 9.47 Å². The van der Waals surface area contributed by atoms with Gasteiger partial charge in [0.15, 0.2) is 11.5 Å². The molecular formula is C24H19BrN4O5. The Balaban J connectivity index is 1.67. The molecule has 0 unspecified atom stereocenters. The molecule has 0 aromatic heterocycles. The number of hydrogen-bond donors (Lipinski definition) is 1. The average Bonchev–Trinajstić information content (AvgIpc) is 2.83. The highest BCUT2D eigenvalue weighted by atomic mass is 79.9. The van der Waals surface area contributed by atoms with E-state index in [0.29, 0.717) is 32.7 Å². The summed E-state index contributed by atoms with van der Waals surface area (Å²) in [6.45, 7) is 0.174. The summed E-state index contributed by atoms with van der Waals surface area (Å²) >= 11 is 3.45. The van der Waals surface area contributed by atoms with Crippen LogP contribution in [0.5, 0.6) is 11.5 Å². The Labute approximate surface area is 203 Å². The average molecular weight is 523 g/mol. The summed E-state index contributed by atoms with van der Waals surface area (Å²) in [4.78, 5) is 22.7. The number of benzene rings is 3. The molecule has 0 aliphatic rings. The fourth-order valence-corrected chi connectivity index (χ4v) is 3.66. The van der Waals surface area contributed by atoms with E-state index in [1.165, 1.54) is 25.5 Å². The maximum Gasteiger partial charge on any atom is 0.273 e. The van der Waals surface area contributed by atoms with Crippen LogP contribution >= 0.6 is 15.9 Å². The van der Waals surface area contributed by atoms with Gasteiger partial charge in [-0.1, -0.05) is 36.4 Å². The standard InChI is InChI=1S/C24H19BrN4O5/c1-33-22-11-16(10-20(25)24(22)34-15-19-8-3-2-7-18(19)13-26)14-27-28-23(30)12-17-6-4-5-9-21(17)29(31)32/h2-11,14H,12,15H2,1H3,(H,28,30)/b27-14+. The maximum atomic E-state index is 12.2. The molecule has 172 valence electrons. The summed E-state index contributed by atoms with van der Waals surface area (Å²) in [5.74, 6) is 0.386. The Morgan fingerprint density at radius 2 is 1.91 bits per heavy atom. The highest BCUT2D eigenvalue weighted by molar-refractivity contribution is 9.10. The van der Waals surface area contributed by atoms with Gasteiger partial charge < -0.3 is 9.47 Å². The van der Waals surface area contributed by atoms with Crippen molar-refractivity contribution in [3.05, 3.63) is 97.5 Å². The number of carbonyl (C=O) groups excluding carboxylic acids is 1. The van der Waals surface area contributed by atoms with Crippen LogP contribution < -0.4 is 14.9 Å². The molecule has 3 aromatic carbocycles. The van der Waals surface area contributed by atoms with Gasteiger partial charge in [-0.3, -0.25) is 14.9 Å². The number of nitro groups is 1. The first-order valence-electron chi connectivity index (χ1n) is 9.95. The van der Waals surface area contributed by atoms with E-state index in [2.05, 4.69) is 32.5 Å². The van der Waals surface area contributed by atoms with Gasteiger partial charge in [-0.15, -0.1) is 0 Å². The van der Waals surface area contributed by atoms with Crippen LogP contribution in [0.25, 0.3) is 0 Å². The number of hydrogen-bond acceptors (Lipinski definition) is 7. The molecule has 0 heterocycles. The topological polar surface area (TPSA) is 127 Å². The first-order chi connectivity index (χ1) is 16.4. The second kappa shape index (κ2) is 11.6. The molecule has 0 saturated heterocycles. The van der Waals surface area contributed by atoms with Crippen LogP contribution in [0, 0.1) is 21.4 Å². The number of carbonyl (C=O) groups is 1. The van der Waals surface area contributed by atoms with E-state index in [-0.39, 0.29) is 18.7 Å². The fraction of sp³-hybridized carbons (Fsp3) is 0.125. The first-order valence-corrected chi connectivity index (χ1v) is 10.7. The number of para-hydroxylation sites is 1. The zero-order chi connectivity index (χ0) is 24.5. The largest absolute Gasteiger partial charge is 0.493 e. The van der Waals surface area contributed by atoms with Gasteiger partial charge in [0.2, 0.25) is 5.91 Å². The molecule has 0 bridgehead atoms. The van der Waals surface area contributed by atoms with Crippen molar-refractivity contribution >= 4 is 33.7 Å². The lowest BCUT2D eigenvalue weighted by Crippen LogP contribution is -2.20. The highest BCUT2D eigenvalue weighted by Crippen LogP contribution is 2.37. The second-order valence-corrected chi connectivity index (χ2v) is 7.80. The van der Waals surface area contributed by atoms with Crippen molar-refractivity contribution in [3.8, 4) is 17.6 Å². The van der Waals surface area contributed by atoms with Gasteiger partial charge in [0.25, 0.3) is 5.69 Å². The van der Waals surface area contributed by atoms with E-state index in [0.717, 1.165) is 5.56 Å². The van der Waals surface area contributed by atoms with Crippen molar-refractivity contribution in [2.24, 2.45) is 5.10 Å². The third-order valence-electron chi connectivity index (χ3n) is 4.70. The summed E-state index contributed by atoms with van der Waals surface area (Å²) < 4.78 is 11.9. The molecule has 0 radical (unpaired) electrons. The molecule has 1 amide bonds. The second-order valence-electron chi connectivity index (χ2n) is 6.95. The molecule has 3 rings (SSSR count). The number of nitrogens with zero attached hydrogens (tertiary/aromatic N) is 3. The van der Waals surface area contributed by atoms with Crippen molar-refractivity contribution in [2.45, 2.75) is 13.0 Å². The maximum absolute atomic E-state index is 12.2. The van der Waals surface area contributed by atoms with Crippen molar-refractivity contribution in [1.29, 1.82) is 5.26 Å². The Morgan fingerprint density at radius 1 is 1.21 bits per heavy atom. The van der Waals surface area contributed by atoms with E-state index in [9.17, 15) is 20.2 Å². The van der Waals surface area contributed by atoms with E-state index >= 15 is 0 Å². The lowest BCUT2D eigenvalue weighted by Gasteiger charge is -2.14. The van der Waals surface area contributed by atoms with Crippen molar-refractivity contribution in [2.75, 3.05) is 7.11 Å². The van der Waals surface area contributed by atoms with Gasteiger partial charge >= 0.3 is 0 Å². The molecular weight excluding hydrogens is 504 g/mol. The number of hydrazone groups is 1. The number of ether oxygens (including phenoxy) is 2. The van der Waals surface area contributed by atoms with E-state index < -0.39 is 10.8 Å². The van der Waals surface area contributed by atoms with Gasteiger partial charge in [-0.05, 0) is 39.7 Å². The lowest BCUT2D eigenvalue weighted by atomic mass is 10.1. The van der Waals surface area contributed by atoms with Crippen LogP contribution in [0.2, 0.25) is 0 Å². The predicted molar refractivity (Wildman–Crippen MR) is 129 cm³/mol. The van der Waals surface area contributed by atoms with Crippen molar-refractivity contribution in [1.82, 2.24) is 5.43 Å². The van der Waals surface area contributed by atoms with E-state index in [1.54, 1.807) is 36.4 Å². The SMILES string of the molecule is COc1cc(/C=N/NC(=O)Cc2ccccc2[N+](=O)[O-])cc(Br)c1OCc1ccccc1C#N. The van der Waals surface area contributed by atoms with Crippen LogP contribution in [-0.4, -0.2) is 24.2 Å². The molecule has 9 nitrogen and oxygen atoms in total. The number of nitro benzene ring substituents is 1. The lowest BCUT2D eigenvalue weighted by molar-refractivity contribution is -0.385. The molecule has 10 heteroatoms. The summed E-state index contributed by atoms with van der Waals surface area (Å²) in [5.41, 5.74) is 4.42. The van der Waals surface area contributed by atoms with E-state index in [1.807, 2.05) is 12.1 Å². The van der Waals surface area contributed by atoms with Gasteiger partial charge in [0, 0.05) is 17.2 Å². The van der Waals surface area contributed by atoms with Crippen LogP contribution in [0.4, 0.5) is 5.69 Å². The number of rotatable bonds is 9. The minimum atomic E-state index is -0.530. The number of amides is 1. The van der Waals surface area contributed by atoms with Crippen LogP contribution in [0.15, 0.2) is 70.2 Å². The molecule has 0 aliphatic carbocycles. The third-order valence-corrected chi connectivity index (χ3v) is 5.29. The zero-order valence-electron chi connectivity index (χ0n) is 18.0. The van der Waals surface area contributed by atoms with Crippen LogP contribution in [-0.2, 0) is 17.8 Å². The number of nitrogens with one attached hydrogen (secondary N) is 1. The minimum absolute atomic E-state index is 0.122. The van der Waals surface area contributed by atoms with Gasteiger partial charge in [0.05, 0.1) is 40.8 Å². The van der Waals surface area contributed by atoms with Crippen molar-refractivity contribution < 1.29 is 19.2 Å². The van der Waals surface area contributed by atoms with Gasteiger partial charge in [-0.2, -0.15) is 10.4 Å².